The Labute approximate surface area is 98.8 Å². The summed E-state index contributed by atoms with van der Waals surface area (Å²) in [4.78, 5) is 2.18. The number of hydrogen-bond donors (Lipinski definition) is 0. The molecule has 0 N–H and O–H groups in total. The van der Waals surface area contributed by atoms with E-state index in [2.05, 4.69) is 71.3 Å². The van der Waals surface area contributed by atoms with E-state index in [0.717, 1.165) is 11.0 Å². The number of benzene rings is 2. The summed E-state index contributed by atoms with van der Waals surface area (Å²) in [5, 5.41) is 2.57. The largest absolute Gasteiger partial charge is 0.305 e. The van der Waals surface area contributed by atoms with E-state index >= 15 is 0 Å². The molecule has 2 rings (SSSR count). The quantitative estimate of drug-likeness (QED) is 0.800. The highest BCUT2D eigenvalue weighted by atomic mass is 79.9. The average Bonchev–Trinajstić information content (AvgIpc) is 2.17. The molecule has 0 bridgehead atoms. The van der Waals surface area contributed by atoms with Crippen LogP contribution in [0.4, 0.5) is 0 Å². The Hall–Kier alpha value is -0.860. The minimum Gasteiger partial charge on any atom is -0.305 e. The Kier molecular flexibility index (Phi) is 3.08. The number of fused-ring (bicyclic) bond motifs is 1. The molecule has 0 aromatic heterocycles. The van der Waals surface area contributed by atoms with Crippen molar-refractivity contribution in [1.29, 1.82) is 0 Å². The van der Waals surface area contributed by atoms with Crippen LogP contribution in [0.25, 0.3) is 10.8 Å². The van der Waals surface area contributed by atoms with Crippen LogP contribution in [0.5, 0.6) is 0 Å². The van der Waals surface area contributed by atoms with E-state index in [4.69, 9.17) is 0 Å². The van der Waals surface area contributed by atoms with Crippen molar-refractivity contribution in [1.82, 2.24) is 4.90 Å². The maximum atomic E-state index is 3.56. The zero-order valence-electron chi connectivity index (χ0n) is 9.00. The first kappa shape index (κ1) is 10.7. The van der Waals surface area contributed by atoms with Crippen LogP contribution in [0, 0.1) is 0 Å². The molecule has 1 nitrogen and oxygen atoms in total. The Morgan fingerprint density at radius 3 is 2.67 bits per heavy atom. The number of hydrogen-bond acceptors (Lipinski definition) is 1. The molecule has 2 aromatic rings. The predicted molar refractivity (Wildman–Crippen MR) is 69.0 cm³/mol. The first-order chi connectivity index (χ1) is 7.16. The van der Waals surface area contributed by atoms with Crippen LogP contribution in [0.15, 0.2) is 40.9 Å². The molecular weight excluding hydrogens is 250 g/mol. The van der Waals surface area contributed by atoms with Crippen molar-refractivity contribution in [3.63, 3.8) is 0 Å². The van der Waals surface area contributed by atoms with Crippen LogP contribution in [0.3, 0.4) is 0 Å². The molecule has 0 amide bonds. The van der Waals surface area contributed by atoms with Gasteiger partial charge in [0.25, 0.3) is 0 Å². The maximum absolute atomic E-state index is 3.56. The van der Waals surface area contributed by atoms with E-state index in [9.17, 15) is 0 Å². The molecule has 0 aliphatic carbocycles. The summed E-state index contributed by atoms with van der Waals surface area (Å²) in [5.74, 6) is 0. The minimum atomic E-state index is 0.989. The Morgan fingerprint density at radius 2 is 1.93 bits per heavy atom. The van der Waals surface area contributed by atoms with Crippen molar-refractivity contribution in [3.05, 3.63) is 46.4 Å². The highest BCUT2D eigenvalue weighted by Crippen LogP contribution is 2.24. The van der Waals surface area contributed by atoms with Gasteiger partial charge in [0, 0.05) is 11.0 Å². The number of nitrogens with zero attached hydrogens (tertiary/aromatic N) is 1. The van der Waals surface area contributed by atoms with E-state index in [1.165, 1.54) is 16.3 Å². The van der Waals surface area contributed by atoms with Gasteiger partial charge >= 0.3 is 0 Å². The zero-order chi connectivity index (χ0) is 10.8. The van der Waals surface area contributed by atoms with Gasteiger partial charge in [0.15, 0.2) is 0 Å². The molecule has 0 saturated heterocycles. The minimum absolute atomic E-state index is 0.989. The second kappa shape index (κ2) is 4.33. The molecule has 0 fully saturated rings. The van der Waals surface area contributed by atoms with E-state index in [1.54, 1.807) is 0 Å². The zero-order valence-corrected chi connectivity index (χ0v) is 10.6. The van der Waals surface area contributed by atoms with E-state index < -0.39 is 0 Å². The van der Waals surface area contributed by atoms with Gasteiger partial charge in [0.05, 0.1) is 0 Å². The highest BCUT2D eigenvalue weighted by Gasteiger charge is 2.00. The first-order valence-electron chi connectivity index (χ1n) is 4.99. The van der Waals surface area contributed by atoms with Crippen LogP contribution in [-0.4, -0.2) is 19.0 Å². The summed E-state index contributed by atoms with van der Waals surface area (Å²) in [6.45, 7) is 0.989. The topological polar surface area (TPSA) is 3.24 Å². The normalized spacial score (nSPS) is 11.2. The lowest BCUT2D eigenvalue weighted by Crippen LogP contribution is -2.10. The lowest BCUT2D eigenvalue weighted by Gasteiger charge is -2.10. The molecule has 0 aliphatic rings. The summed E-state index contributed by atoms with van der Waals surface area (Å²) in [6, 6.07) is 12.9. The van der Waals surface area contributed by atoms with Crippen molar-refractivity contribution in [2.75, 3.05) is 14.1 Å². The molecule has 78 valence electrons. The molecule has 0 atom stereocenters. The van der Waals surface area contributed by atoms with Crippen LogP contribution >= 0.6 is 15.9 Å². The second-order valence-electron chi connectivity index (χ2n) is 4.03. The molecule has 0 aliphatic heterocycles. The molecule has 2 heteroatoms. The van der Waals surface area contributed by atoms with Crippen molar-refractivity contribution in [2.45, 2.75) is 6.54 Å². The van der Waals surface area contributed by atoms with Crippen LogP contribution < -0.4 is 0 Å². The first-order valence-corrected chi connectivity index (χ1v) is 5.78. The van der Waals surface area contributed by atoms with Gasteiger partial charge in [-0.3, -0.25) is 0 Å². The van der Waals surface area contributed by atoms with Gasteiger partial charge in [-0.15, -0.1) is 0 Å². The molecule has 15 heavy (non-hydrogen) atoms. The number of rotatable bonds is 2. The molecule has 0 heterocycles. The van der Waals surface area contributed by atoms with E-state index in [1.807, 2.05) is 0 Å². The Morgan fingerprint density at radius 1 is 1.13 bits per heavy atom. The maximum Gasteiger partial charge on any atom is 0.0253 e. The fourth-order valence-corrected chi connectivity index (χ4v) is 2.27. The van der Waals surface area contributed by atoms with Gasteiger partial charge in [0.2, 0.25) is 0 Å². The SMILES string of the molecule is CN(C)Cc1ccc2c(Br)cccc2c1. The third kappa shape index (κ3) is 2.39. The summed E-state index contributed by atoms with van der Waals surface area (Å²) in [6.07, 6.45) is 0. The fourth-order valence-electron chi connectivity index (χ4n) is 1.76. The summed E-state index contributed by atoms with van der Waals surface area (Å²) >= 11 is 3.56. The Bertz CT molecular complexity index is 477. The van der Waals surface area contributed by atoms with Gasteiger partial charge in [-0.25, -0.2) is 0 Å². The lowest BCUT2D eigenvalue weighted by atomic mass is 10.1. The van der Waals surface area contributed by atoms with Crippen molar-refractivity contribution < 1.29 is 0 Å². The van der Waals surface area contributed by atoms with Crippen LogP contribution in [-0.2, 0) is 6.54 Å². The van der Waals surface area contributed by atoms with Crippen molar-refractivity contribution >= 4 is 26.7 Å². The number of halogens is 1. The van der Waals surface area contributed by atoms with E-state index in [0.29, 0.717) is 0 Å². The summed E-state index contributed by atoms with van der Waals surface area (Å²) in [5.41, 5.74) is 1.35. The van der Waals surface area contributed by atoms with Gasteiger partial charge in [0.1, 0.15) is 0 Å². The summed E-state index contributed by atoms with van der Waals surface area (Å²) in [7, 11) is 4.18. The van der Waals surface area contributed by atoms with Gasteiger partial charge in [-0.2, -0.15) is 0 Å². The molecule has 0 spiro atoms. The molecule has 2 aromatic carbocycles. The summed E-state index contributed by atoms with van der Waals surface area (Å²) < 4.78 is 1.16. The van der Waals surface area contributed by atoms with Gasteiger partial charge in [-0.1, -0.05) is 40.2 Å². The molecule has 0 radical (unpaired) electrons. The Balaban J connectivity index is 2.48. The fraction of sp³-hybridized carbons (Fsp3) is 0.231. The lowest BCUT2D eigenvalue weighted by molar-refractivity contribution is 0.403. The van der Waals surface area contributed by atoms with Crippen molar-refractivity contribution in [3.8, 4) is 0 Å². The highest BCUT2D eigenvalue weighted by molar-refractivity contribution is 9.10. The monoisotopic (exact) mass is 263 g/mol. The van der Waals surface area contributed by atoms with Crippen LogP contribution in [0.1, 0.15) is 5.56 Å². The third-order valence-corrected chi connectivity index (χ3v) is 3.08. The average molecular weight is 264 g/mol. The van der Waals surface area contributed by atoms with Gasteiger partial charge < -0.3 is 4.90 Å². The van der Waals surface area contributed by atoms with Gasteiger partial charge in [-0.05, 0) is 42.6 Å². The smallest absolute Gasteiger partial charge is 0.0253 e. The second-order valence-corrected chi connectivity index (χ2v) is 4.89. The molecular formula is C13H14BrN. The third-order valence-electron chi connectivity index (χ3n) is 2.39. The van der Waals surface area contributed by atoms with Crippen molar-refractivity contribution in [2.24, 2.45) is 0 Å². The van der Waals surface area contributed by atoms with Crippen LogP contribution in [0.2, 0.25) is 0 Å². The molecule has 0 unspecified atom stereocenters. The predicted octanol–water partition coefficient (Wildman–Crippen LogP) is 3.66. The molecule has 0 saturated carbocycles. The van der Waals surface area contributed by atoms with E-state index in [-0.39, 0.29) is 0 Å². The standard InChI is InChI=1S/C13H14BrN/c1-15(2)9-10-6-7-12-11(8-10)4-3-5-13(12)14/h3-8H,9H2,1-2H3.